The van der Waals surface area contributed by atoms with E-state index in [0.717, 1.165) is 5.56 Å². The van der Waals surface area contributed by atoms with Crippen molar-refractivity contribution in [2.75, 3.05) is 7.11 Å². The molecule has 0 aliphatic heterocycles. The number of thiocarbonyl (C=S) groups is 1. The van der Waals surface area contributed by atoms with E-state index in [0.29, 0.717) is 32.1 Å². The fourth-order valence-electron chi connectivity index (χ4n) is 1.91. The van der Waals surface area contributed by atoms with Crippen LogP contribution in [-0.4, -0.2) is 18.4 Å². The molecule has 3 N–H and O–H groups in total. The van der Waals surface area contributed by atoms with Crippen molar-refractivity contribution in [3.8, 4) is 11.5 Å². The van der Waals surface area contributed by atoms with Crippen LogP contribution in [0.5, 0.6) is 11.5 Å². The van der Waals surface area contributed by atoms with Crippen molar-refractivity contribution in [3.05, 3.63) is 56.5 Å². The van der Waals surface area contributed by atoms with Gasteiger partial charge < -0.3 is 15.2 Å². The Hall–Kier alpha value is -1.73. The predicted octanol–water partition coefficient (Wildman–Crippen LogP) is 4.40. The molecule has 0 atom stereocenters. The van der Waals surface area contributed by atoms with Crippen LogP contribution in [0.15, 0.2) is 35.4 Å². The van der Waals surface area contributed by atoms with E-state index in [9.17, 15) is 0 Å². The Morgan fingerprint density at radius 1 is 1.20 bits per heavy atom. The lowest BCUT2D eigenvalue weighted by atomic mass is 10.2. The number of benzene rings is 2. The molecule has 0 fully saturated rings. The first-order valence-electron chi connectivity index (χ1n) is 6.94. The van der Waals surface area contributed by atoms with Gasteiger partial charge in [-0.1, -0.05) is 34.8 Å². The van der Waals surface area contributed by atoms with Crippen molar-refractivity contribution < 1.29 is 9.47 Å². The summed E-state index contributed by atoms with van der Waals surface area (Å²) in [6, 6.07) is 8.59. The van der Waals surface area contributed by atoms with Crippen LogP contribution in [0.25, 0.3) is 0 Å². The highest BCUT2D eigenvalue weighted by Crippen LogP contribution is 2.34. The number of methoxy groups -OCH3 is 1. The van der Waals surface area contributed by atoms with Gasteiger partial charge in [0.15, 0.2) is 16.6 Å². The summed E-state index contributed by atoms with van der Waals surface area (Å²) in [6.45, 7) is 0.144. The second-order valence-electron chi connectivity index (χ2n) is 4.75. The molecule has 0 unspecified atom stereocenters. The second kappa shape index (κ2) is 9.10. The lowest BCUT2D eigenvalue weighted by Gasteiger charge is -2.13. The summed E-state index contributed by atoms with van der Waals surface area (Å²) >= 11 is 23.0. The van der Waals surface area contributed by atoms with Gasteiger partial charge in [-0.3, -0.25) is 5.43 Å². The van der Waals surface area contributed by atoms with Gasteiger partial charge in [0.2, 0.25) is 0 Å². The van der Waals surface area contributed by atoms with Crippen molar-refractivity contribution in [1.82, 2.24) is 5.43 Å². The number of ether oxygens (including phenoxy) is 2. The van der Waals surface area contributed by atoms with Crippen LogP contribution >= 0.6 is 47.0 Å². The van der Waals surface area contributed by atoms with Gasteiger partial charge in [-0.15, -0.1) is 0 Å². The lowest BCUT2D eigenvalue weighted by Crippen LogP contribution is -2.23. The zero-order chi connectivity index (χ0) is 18.4. The fourth-order valence-corrected chi connectivity index (χ4v) is 2.61. The smallest absolute Gasteiger partial charge is 0.184 e. The Morgan fingerprint density at radius 3 is 2.60 bits per heavy atom. The minimum absolute atomic E-state index is 0.0819. The van der Waals surface area contributed by atoms with Gasteiger partial charge in [-0.05, 0) is 48.1 Å². The monoisotopic (exact) mass is 417 g/mol. The Balaban J connectivity index is 2.16. The first-order valence-corrected chi connectivity index (χ1v) is 8.48. The van der Waals surface area contributed by atoms with Gasteiger partial charge in [0, 0.05) is 10.6 Å². The van der Waals surface area contributed by atoms with Gasteiger partial charge in [-0.2, -0.15) is 5.10 Å². The first-order chi connectivity index (χ1) is 11.9. The van der Waals surface area contributed by atoms with Crippen molar-refractivity contribution in [2.24, 2.45) is 10.8 Å². The van der Waals surface area contributed by atoms with Crippen LogP contribution < -0.4 is 20.6 Å². The molecule has 0 aliphatic carbocycles. The normalized spacial score (nSPS) is 10.7. The van der Waals surface area contributed by atoms with E-state index in [-0.39, 0.29) is 11.7 Å². The van der Waals surface area contributed by atoms with Crippen LogP contribution in [0.3, 0.4) is 0 Å². The van der Waals surface area contributed by atoms with Crippen LogP contribution in [0.1, 0.15) is 11.1 Å². The van der Waals surface area contributed by atoms with E-state index in [4.69, 9.17) is 50.0 Å². The highest BCUT2D eigenvalue weighted by Gasteiger charge is 2.12. The van der Waals surface area contributed by atoms with Gasteiger partial charge in [0.25, 0.3) is 0 Å². The van der Waals surface area contributed by atoms with Crippen molar-refractivity contribution >= 4 is 58.3 Å². The molecule has 0 aromatic heterocycles. The van der Waals surface area contributed by atoms with Crippen LogP contribution in [-0.2, 0) is 6.61 Å². The Bertz CT molecular complexity index is 815. The molecule has 0 saturated heterocycles. The minimum atomic E-state index is 0.0819. The van der Waals surface area contributed by atoms with Crippen molar-refractivity contribution in [3.63, 3.8) is 0 Å². The summed E-state index contributed by atoms with van der Waals surface area (Å²) < 4.78 is 11.1. The van der Waals surface area contributed by atoms with Crippen LogP contribution in [0.2, 0.25) is 15.1 Å². The van der Waals surface area contributed by atoms with E-state index < -0.39 is 0 Å². The second-order valence-corrected chi connectivity index (χ2v) is 6.39. The zero-order valence-electron chi connectivity index (χ0n) is 13.1. The average molecular weight is 419 g/mol. The largest absolute Gasteiger partial charge is 0.493 e. The number of hydrazone groups is 1. The molecule has 0 saturated carbocycles. The highest BCUT2D eigenvalue weighted by molar-refractivity contribution is 7.80. The number of nitrogens with two attached hydrogens (primary N) is 1. The average Bonchev–Trinajstić information content (AvgIpc) is 2.58. The molecule has 2 rings (SSSR count). The van der Waals surface area contributed by atoms with E-state index in [1.165, 1.54) is 7.11 Å². The number of nitrogens with zero attached hydrogens (tertiary/aromatic N) is 1. The SMILES string of the molecule is COc1cc(C=NNC(N)=S)ccc1OCc1c(Cl)ccc(Cl)c1Cl. The van der Waals surface area contributed by atoms with E-state index in [2.05, 4.69) is 22.7 Å². The molecule has 0 spiro atoms. The summed E-state index contributed by atoms with van der Waals surface area (Å²) in [5.74, 6) is 1.04. The minimum Gasteiger partial charge on any atom is -0.493 e. The zero-order valence-corrected chi connectivity index (χ0v) is 16.1. The number of rotatable bonds is 6. The molecule has 132 valence electrons. The summed E-state index contributed by atoms with van der Waals surface area (Å²) in [5, 5.41) is 5.21. The molecule has 0 aliphatic rings. The molecular formula is C16H14Cl3N3O2S. The van der Waals surface area contributed by atoms with Crippen LogP contribution in [0.4, 0.5) is 0 Å². The maximum atomic E-state index is 6.17. The highest BCUT2D eigenvalue weighted by atomic mass is 35.5. The first kappa shape index (κ1) is 19.6. The van der Waals surface area contributed by atoms with Gasteiger partial charge in [0.1, 0.15) is 6.61 Å². The fraction of sp³-hybridized carbons (Fsp3) is 0.125. The van der Waals surface area contributed by atoms with E-state index in [1.54, 1.807) is 36.5 Å². The third kappa shape index (κ3) is 5.37. The summed E-state index contributed by atoms with van der Waals surface area (Å²) in [7, 11) is 1.54. The van der Waals surface area contributed by atoms with E-state index in [1.807, 2.05) is 0 Å². The molecule has 5 nitrogen and oxygen atoms in total. The number of nitrogens with one attached hydrogen (secondary N) is 1. The topological polar surface area (TPSA) is 68.9 Å². The third-order valence-electron chi connectivity index (χ3n) is 3.09. The number of hydrogen-bond acceptors (Lipinski definition) is 4. The maximum absolute atomic E-state index is 6.17. The Labute approximate surface area is 165 Å². The molecule has 0 amide bonds. The number of halogens is 3. The molecule has 9 heteroatoms. The van der Waals surface area contributed by atoms with Gasteiger partial charge in [-0.25, -0.2) is 0 Å². The Morgan fingerprint density at radius 2 is 1.92 bits per heavy atom. The molecular weight excluding hydrogens is 405 g/mol. The molecule has 25 heavy (non-hydrogen) atoms. The summed E-state index contributed by atoms with van der Waals surface area (Å²) in [5.41, 5.74) is 9.14. The van der Waals surface area contributed by atoms with E-state index >= 15 is 0 Å². The van der Waals surface area contributed by atoms with Crippen molar-refractivity contribution in [2.45, 2.75) is 6.61 Å². The van der Waals surface area contributed by atoms with Crippen molar-refractivity contribution in [1.29, 1.82) is 0 Å². The summed E-state index contributed by atoms with van der Waals surface area (Å²) in [6.07, 6.45) is 1.55. The molecule has 0 radical (unpaired) electrons. The molecule has 0 bridgehead atoms. The van der Waals surface area contributed by atoms with Gasteiger partial charge >= 0.3 is 0 Å². The predicted molar refractivity (Wildman–Crippen MR) is 106 cm³/mol. The van der Waals surface area contributed by atoms with Crippen LogP contribution in [0, 0.1) is 0 Å². The van der Waals surface area contributed by atoms with Gasteiger partial charge in [0.05, 0.1) is 23.4 Å². The molecule has 0 heterocycles. The maximum Gasteiger partial charge on any atom is 0.184 e. The molecule has 2 aromatic rings. The lowest BCUT2D eigenvalue weighted by molar-refractivity contribution is 0.284. The third-order valence-corrected chi connectivity index (χ3v) is 4.38. The Kier molecular flexibility index (Phi) is 7.13. The standard InChI is InChI=1S/C16H14Cl3N3O2S/c1-23-14-6-9(7-21-22-16(20)25)2-5-13(14)24-8-10-11(17)3-4-12(18)15(10)19/h2-7H,8H2,1H3,(H3,20,22,25). The quantitative estimate of drug-likeness (QED) is 0.315. The summed E-state index contributed by atoms with van der Waals surface area (Å²) in [4.78, 5) is 0. The molecule has 2 aromatic carbocycles. The number of hydrogen-bond donors (Lipinski definition) is 2.